The number of imidazole rings is 1. The fraction of sp³-hybridized carbons (Fsp3) is 0.308. The maximum atomic E-state index is 13.9. The molecule has 1 aromatic heterocycles. The lowest BCUT2D eigenvalue weighted by Crippen LogP contribution is -2.24. The van der Waals surface area contributed by atoms with Crippen LogP contribution in [0.3, 0.4) is 0 Å². The first-order valence-corrected chi connectivity index (χ1v) is 7.84. The summed E-state index contributed by atoms with van der Waals surface area (Å²) in [6.45, 7) is 1.85. The Labute approximate surface area is 122 Å². The average Bonchev–Trinajstić information content (AvgIpc) is 2.95. The van der Waals surface area contributed by atoms with Crippen molar-refractivity contribution in [3.8, 4) is 0 Å². The SMILES string of the molecule is CNCc1cc(S(=O)(=O)NCc2ncc[nH]2)cc(C)c1F. The summed E-state index contributed by atoms with van der Waals surface area (Å²) in [5, 5.41) is 2.81. The first-order valence-electron chi connectivity index (χ1n) is 6.35. The number of H-pyrrole nitrogens is 1. The van der Waals surface area contributed by atoms with E-state index < -0.39 is 15.8 Å². The van der Waals surface area contributed by atoms with Crippen LogP contribution in [0.15, 0.2) is 29.4 Å². The van der Waals surface area contributed by atoms with Crippen LogP contribution in [0.25, 0.3) is 0 Å². The zero-order chi connectivity index (χ0) is 15.5. The highest BCUT2D eigenvalue weighted by atomic mass is 32.2. The number of aromatic amines is 1. The Kier molecular flexibility index (Phi) is 4.71. The zero-order valence-corrected chi connectivity index (χ0v) is 12.6. The number of nitrogens with one attached hydrogen (secondary N) is 3. The molecule has 6 nitrogen and oxygen atoms in total. The van der Waals surface area contributed by atoms with Gasteiger partial charge in [0.05, 0.1) is 11.4 Å². The third-order valence-corrected chi connectivity index (χ3v) is 4.35. The maximum Gasteiger partial charge on any atom is 0.240 e. The maximum absolute atomic E-state index is 13.9. The minimum absolute atomic E-state index is 0.0400. The summed E-state index contributed by atoms with van der Waals surface area (Å²) in [7, 11) is -2.05. The van der Waals surface area contributed by atoms with Crippen LogP contribution in [0, 0.1) is 12.7 Å². The van der Waals surface area contributed by atoms with Gasteiger partial charge in [-0.25, -0.2) is 22.5 Å². The number of aryl methyl sites for hydroxylation is 1. The Morgan fingerprint density at radius 1 is 1.33 bits per heavy atom. The lowest BCUT2D eigenvalue weighted by Gasteiger charge is -2.11. The molecular weight excluding hydrogens is 295 g/mol. The van der Waals surface area contributed by atoms with Crippen molar-refractivity contribution < 1.29 is 12.8 Å². The summed E-state index contributed by atoms with van der Waals surface area (Å²) < 4.78 is 40.8. The first kappa shape index (κ1) is 15.6. The number of halogens is 1. The van der Waals surface area contributed by atoms with Crippen LogP contribution in [-0.4, -0.2) is 25.4 Å². The second kappa shape index (κ2) is 6.33. The Balaban J connectivity index is 2.27. The predicted molar refractivity (Wildman–Crippen MR) is 76.5 cm³/mol. The summed E-state index contributed by atoms with van der Waals surface area (Å²) in [6.07, 6.45) is 3.15. The minimum Gasteiger partial charge on any atom is -0.347 e. The number of hydrogen-bond acceptors (Lipinski definition) is 4. The van der Waals surface area contributed by atoms with Crippen LogP contribution in [0.4, 0.5) is 4.39 Å². The molecule has 0 fully saturated rings. The van der Waals surface area contributed by atoms with E-state index in [1.165, 1.54) is 18.3 Å². The number of rotatable bonds is 6. The minimum atomic E-state index is -3.72. The molecule has 0 saturated heterocycles. The van der Waals surface area contributed by atoms with E-state index in [1.54, 1.807) is 20.2 Å². The Bertz CT molecular complexity index is 714. The van der Waals surface area contributed by atoms with Crippen molar-refractivity contribution in [2.75, 3.05) is 7.05 Å². The number of nitrogens with zero attached hydrogens (tertiary/aromatic N) is 1. The summed E-state index contributed by atoms with van der Waals surface area (Å²) in [6, 6.07) is 2.66. The fourth-order valence-corrected chi connectivity index (χ4v) is 3.05. The summed E-state index contributed by atoms with van der Waals surface area (Å²) in [5.74, 6) is 0.113. The molecule has 0 bridgehead atoms. The topological polar surface area (TPSA) is 86.9 Å². The lowest BCUT2D eigenvalue weighted by molar-refractivity contribution is 0.574. The largest absolute Gasteiger partial charge is 0.347 e. The molecule has 0 radical (unpaired) electrons. The Hall–Kier alpha value is -1.77. The van der Waals surface area contributed by atoms with Crippen LogP contribution >= 0.6 is 0 Å². The van der Waals surface area contributed by atoms with Crippen molar-refractivity contribution in [2.45, 2.75) is 24.9 Å². The predicted octanol–water partition coefficient (Wildman–Crippen LogP) is 1.06. The fourth-order valence-electron chi connectivity index (χ4n) is 1.92. The van der Waals surface area contributed by atoms with E-state index in [2.05, 4.69) is 20.0 Å². The van der Waals surface area contributed by atoms with Crippen LogP contribution in [-0.2, 0) is 23.1 Å². The number of hydrogen-bond donors (Lipinski definition) is 3. The van der Waals surface area contributed by atoms with E-state index in [1.807, 2.05) is 0 Å². The molecule has 0 aliphatic heterocycles. The van der Waals surface area contributed by atoms with Crippen molar-refractivity contribution in [3.05, 3.63) is 47.3 Å². The van der Waals surface area contributed by atoms with E-state index in [0.717, 1.165) is 0 Å². The second-order valence-electron chi connectivity index (χ2n) is 4.60. The normalized spacial score (nSPS) is 11.8. The van der Waals surface area contributed by atoms with Crippen molar-refractivity contribution in [1.82, 2.24) is 20.0 Å². The summed E-state index contributed by atoms with van der Waals surface area (Å²) >= 11 is 0. The van der Waals surface area contributed by atoms with Crippen LogP contribution in [0.5, 0.6) is 0 Å². The highest BCUT2D eigenvalue weighted by molar-refractivity contribution is 7.89. The molecule has 2 rings (SSSR count). The van der Waals surface area contributed by atoms with Crippen molar-refractivity contribution in [1.29, 1.82) is 0 Å². The zero-order valence-electron chi connectivity index (χ0n) is 11.8. The number of sulfonamides is 1. The van der Waals surface area contributed by atoms with Crippen molar-refractivity contribution >= 4 is 10.0 Å². The van der Waals surface area contributed by atoms with Gasteiger partial charge in [0.1, 0.15) is 11.6 Å². The third-order valence-electron chi connectivity index (χ3n) is 2.97. The molecule has 0 saturated carbocycles. The van der Waals surface area contributed by atoms with Gasteiger partial charge < -0.3 is 10.3 Å². The molecule has 0 aliphatic rings. The van der Waals surface area contributed by atoms with Gasteiger partial charge in [-0.05, 0) is 31.7 Å². The van der Waals surface area contributed by atoms with E-state index in [-0.39, 0.29) is 18.0 Å². The van der Waals surface area contributed by atoms with Crippen molar-refractivity contribution in [3.63, 3.8) is 0 Å². The van der Waals surface area contributed by atoms with Gasteiger partial charge in [-0.2, -0.15) is 0 Å². The molecule has 1 aromatic carbocycles. The molecular formula is C13H17FN4O2S. The molecule has 0 unspecified atom stereocenters. The highest BCUT2D eigenvalue weighted by Gasteiger charge is 2.18. The van der Waals surface area contributed by atoms with Gasteiger partial charge in [-0.1, -0.05) is 0 Å². The summed E-state index contributed by atoms with van der Waals surface area (Å²) in [4.78, 5) is 6.78. The molecule has 0 atom stereocenters. The van der Waals surface area contributed by atoms with E-state index >= 15 is 0 Å². The molecule has 21 heavy (non-hydrogen) atoms. The molecule has 8 heteroatoms. The first-order chi connectivity index (χ1) is 9.94. The van der Waals surface area contributed by atoms with Gasteiger partial charge in [0.15, 0.2) is 0 Å². The van der Waals surface area contributed by atoms with Gasteiger partial charge in [-0.15, -0.1) is 0 Å². The van der Waals surface area contributed by atoms with Gasteiger partial charge in [0, 0.05) is 24.5 Å². The Morgan fingerprint density at radius 3 is 2.71 bits per heavy atom. The molecule has 0 aliphatic carbocycles. The molecule has 3 N–H and O–H groups in total. The monoisotopic (exact) mass is 312 g/mol. The Morgan fingerprint density at radius 2 is 2.10 bits per heavy atom. The smallest absolute Gasteiger partial charge is 0.240 e. The average molecular weight is 312 g/mol. The molecule has 1 heterocycles. The number of aromatic nitrogens is 2. The molecule has 2 aromatic rings. The summed E-state index contributed by atoms with van der Waals surface area (Å²) in [5.41, 5.74) is 0.608. The molecule has 0 spiro atoms. The van der Waals surface area contributed by atoms with E-state index in [4.69, 9.17) is 0 Å². The lowest BCUT2D eigenvalue weighted by atomic mass is 10.1. The van der Waals surface area contributed by atoms with E-state index in [0.29, 0.717) is 17.0 Å². The van der Waals surface area contributed by atoms with Crippen molar-refractivity contribution in [2.24, 2.45) is 0 Å². The molecule has 114 valence electrons. The quantitative estimate of drug-likeness (QED) is 0.744. The van der Waals surface area contributed by atoms with Crippen LogP contribution < -0.4 is 10.0 Å². The van der Waals surface area contributed by atoms with Gasteiger partial charge >= 0.3 is 0 Å². The second-order valence-corrected chi connectivity index (χ2v) is 6.37. The van der Waals surface area contributed by atoms with E-state index in [9.17, 15) is 12.8 Å². The van der Waals surface area contributed by atoms with Gasteiger partial charge in [0.2, 0.25) is 10.0 Å². The van der Waals surface area contributed by atoms with Gasteiger partial charge in [-0.3, -0.25) is 0 Å². The number of benzene rings is 1. The molecule has 0 amide bonds. The van der Waals surface area contributed by atoms with Crippen LogP contribution in [0.2, 0.25) is 0 Å². The van der Waals surface area contributed by atoms with Gasteiger partial charge in [0.25, 0.3) is 0 Å². The third kappa shape index (κ3) is 3.66. The van der Waals surface area contributed by atoms with Crippen LogP contribution in [0.1, 0.15) is 17.0 Å². The standard InChI is InChI=1S/C13H17FN4O2S/c1-9-5-11(6-10(7-15-2)13(9)14)21(19,20)18-8-12-16-3-4-17-12/h3-6,15,18H,7-8H2,1-2H3,(H,16,17). The highest BCUT2D eigenvalue weighted by Crippen LogP contribution is 2.19.